The van der Waals surface area contributed by atoms with E-state index < -0.39 is 22.8 Å². The largest absolute Gasteiger partial charge is 0.489 e. The van der Waals surface area contributed by atoms with Crippen molar-refractivity contribution in [1.29, 1.82) is 0 Å². The molecule has 0 saturated carbocycles. The van der Waals surface area contributed by atoms with Gasteiger partial charge in [0.05, 0.1) is 47.3 Å². The molecule has 32 heavy (non-hydrogen) atoms. The minimum Gasteiger partial charge on any atom is -0.489 e. The summed E-state index contributed by atoms with van der Waals surface area (Å²) in [6, 6.07) is 7.83. The van der Waals surface area contributed by atoms with Gasteiger partial charge in [-0.2, -0.15) is 0 Å². The number of para-hydroxylation sites is 1. The van der Waals surface area contributed by atoms with E-state index in [9.17, 15) is 19.7 Å². The number of halogens is 1. The molecule has 2 aromatic rings. The van der Waals surface area contributed by atoms with Crippen LogP contribution in [0.15, 0.2) is 36.4 Å². The second-order valence-electron chi connectivity index (χ2n) is 7.42. The van der Waals surface area contributed by atoms with Gasteiger partial charge in [0.1, 0.15) is 0 Å². The average molecular weight is 463 g/mol. The zero-order valence-electron chi connectivity index (χ0n) is 17.6. The van der Waals surface area contributed by atoms with E-state index >= 15 is 0 Å². The second kappa shape index (κ2) is 10.3. The third kappa shape index (κ3) is 5.67. The number of amides is 1. The molecule has 10 heteroatoms. The van der Waals surface area contributed by atoms with Gasteiger partial charge < -0.3 is 19.5 Å². The highest BCUT2D eigenvalue weighted by molar-refractivity contribution is 6.32. The summed E-state index contributed by atoms with van der Waals surface area (Å²) < 4.78 is 16.4. The summed E-state index contributed by atoms with van der Waals surface area (Å²) in [4.78, 5) is 36.3. The van der Waals surface area contributed by atoms with Gasteiger partial charge in [0, 0.05) is 18.1 Å². The van der Waals surface area contributed by atoms with Crippen molar-refractivity contribution in [2.75, 3.05) is 13.2 Å². The summed E-state index contributed by atoms with van der Waals surface area (Å²) in [6.07, 6.45) is 0.0160. The number of ether oxygens (including phenoxy) is 3. The number of esters is 1. The lowest BCUT2D eigenvalue weighted by Gasteiger charge is -2.20. The summed E-state index contributed by atoms with van der Waals surface area (Å²) >= 11 is 6.28. The van der Waals surface area contributed by atoms with Crippen LogP contribution in [0.4, 0.5) is 5.69 Å². The molecule has 0 aromatic heterocycles. The Balaban J connectivity index is 1.92. The Kier molecular flexibility index (Phi) is 7.53. The van der Waals surface area contributed by atoms with Crippen LogP contribution < -0.4 is 14.8 Å². The maximum absolute atomic E-state index is 13.0. The van der Waals surface area contributed by atoms with E-state index in [0.29, 0.717) is 31.1 Å². The highest BCUT2D eigenvalue weighted by atomic mass is 35.5. The number of nitro groups is 1. The highest BCUT2D eigenvalue weighted by Crippen LogP contribution is 2.38. The SMILES string of the molecule is CC(C)OC(=O)CC(NC(=O)c1cc(Cl)c2c(c1)OCCCO2)c1ccccc1[N+](=O)[O-]. The zero-order chi connectivity index (χ0) is 23.3. The Morgan fingerprint density at radius 2 is 1.94 bits per heavy atom. The molecule has 0 aliphatic carbocycles. The van der Waals surface area contributed by atoms with Crippen molar-refractivity contribution in [1.82, 2.24) is 5.32 Å². The molecule has 0 bridgehead atoms. The van der Waals surface area contributed by atoms with E-state index in [-0.39, 0.29) is 34.4 Å². The lowest BCUT2D eigenvalue weighted by molar-refractivity contribution is -0.385. The number of benzene rings is 2. The van der Waals surface area contributed by atoms with Crippen molar-refractivity contribution in [3.05, 3.63) is 62.7 Å². The molecular weight excluding hydrogens is 440 g/mol. The van der Waals surface area contributed by atoms with Crippen LogP contribution in [-0.2, 0) is 9.53 Å². The van der Waals surface area contributed by atoms with Crippen LogP contribution in [0.2, 0.25) is 5.02 Å². The van der Waals surface area contributed by atoms with Gasteiger partial charge in [0.25, 0.3) is 11.6 Å². The molecule has 9 nitrogen and oxygen atoms in total. The van der Waals surface area contributed by atoms with Gasteiger partial charge >= 0.3 is 5.97 Å². The van der Waals surface area contributed by atoms with Crippen molar-refractivity contribution in [2.45, 2.75) is 38.8 Å². The molecule has 0 saturated heterocycles. The minimum atomic E-state index is -0.995. The predicted molar refractivity (Wildman–Crippen MR) is 116 cm³/mol. The van der Waals surface area contributed by atoms with Crippen molar-refractivity contribution < 1.29 is 28.7 Å². The van der Waals surface area contributed by atoms with Crippen LogP contribution in [-0.4, -0.2) is 36.1 Å². The number of carbonyl (C=O) groups excluding carboxylic acids is 2. The van der Waals surface area contributed by atoms with Crippen LogP contribution in [0.3, 0.4) is 0 Å². The molecule has 3 rings (SSSR count). The normalized spacial score (nSPS) is 13.8. The van der Waals surface area contributed by atoms with E-state index in [1.54, 1.807) is 19.9 Å². The van der Waals surface area contributed by atoms with Crippen molar-refractivity contribution in [3.63, 3.8) is 0 Å². The fourth-order valence-corrected chi connectivity index (χ4v) is 3.53. The molecule has 1 atom stereocenters. The first-order valence-corrected chi connectivity index (χ1v) is 10.5. The molecule has 1 unspecified atom stereocenters. The number of hydrogen-bond donors (Lipinski definition) is 1. The molecule has 1 N–H and O–H groups in total. The Labute approximate surface area is 189 Å². The second-order valence-corrected chi connectivity index (χ2v) is 7.83. The quantitative estimate of drug-likeness (QED) is 0.372. The van der Waals surface area contributed by atoms with Gasteiger partial charge in [0.15, 0.2) is 11.5 Å². The number of nitrogens with zero attached hydrogens (tertiary/aromatic N) is 1. The van der Waals surface area contributed by atoms with Crippen LogP contribution in [0.1, 0.15) is 48.7 Å². The van der Waals surface area contributed by atoms with Crippen molar-refractivity contribution >= 4 is 29.2 Å². The fraction of sp³-hybridized carbons (Fsp3) is 0.364. The van der Waals surface area contributed by atoms with Crippen LogP contribution in [0, 0.1) is 10.1 Å². The van der Waals surface area contributed by atoms with Gasteiger partial charge in [-0.15, -0.1) is 0 Å². The zero-order valence-corrected chi connectivity index (χ0v) is 18.4. The molecule has 1 amide bonds. The molecule has 1 aliphatic rings. The number of fused-ring (bicyclic) bond motifs is 1. The molecular formula is C22H23ClN2O7. The van der Waals surface area contributed by atoms with Gasteiger partial charge in [-0.1, -0.05) is 29.8 Å². The number of nitrogens with one attached hydrogen (secondary N) is 1. The predicted octanol–water partition coefficient (Wildman–Crippen LogP) is 4.22. The first-order chi connectivity index (χ1) is 15.3. The third-order valence-electron chi connectivity index (χ3n) is 4.62. The van der Waals surface area contributed by atoms with E-state index in [0.717, 1.165) is 0 Å². The Morgan fingerprint density at radius 3 is 2.66 bits per heavy atom. The minimum absolute atomic E-state index is 0.167. The van der Waals surface area contributed by atoms with Crippen molar-refractivity contribution in [2.24, 2.45) is 0 Å². The van der Waals surface area contributed by atoms with Gasteiger partial charge in [-0.3, -0.25) is 19.7 Å². The lowest BCUT2D eigenvalue weighted by atomic mass is 10.0. The molecule has 170 valence electrons. The monoisotopic (exact) mass is 462 g/mol. The standard InChI is InChI=1S/C22H23ClN2O7/c1-13(2)32-20(26)12-17(15-6-3-4-7-18(15)25(28)29)24-22(27)14-10-16(23)21-19(11-14)30-8-5-9-31-21/h3-4,6-7,10-11,13,17H,5,8-9,12H2,1-2H3,(H,24,27). The van der Waals surface area contributed by atoms with E-state index in [4.69, 9.17) is 25.8 Å². The summed E-state index contributed by atoms with van der Waals surface area (Å²) in [5.41, 5.74) is 0.138. The number of carbonyl (C=O) groups is 2. The topological polar surface area (TPSA) is 117 Å². The highest BCUT2D eigenvalue weighted by Gasteiger charge is 2.28. The van der Waals surface area contributed by atoms with Gasteiger partial charge in [-0.25, -0.2) is 0 Å². The maximum Gasteiger partial charge on any atom is 0.308 e. The van der Waals surface area contributed by atoms with E-state index in [1.165, 1.54) is 30.3 Å². The Bertz CT molecular complexity index is 1030. The van der Waals surface area contributed by atoms with Crippen LogP contribution >= 0.6 is 11.6 Å². The molecule has 0 radical (unpaired) electrons. The summed E-state index contributed by atoms with van der Waals surface area (Å²) in [7, 11) is 0. The maximum atomic E-state index is 13.0. The summed E-state index contributed by atoms with van der Waals surface area (Å²) in [6.45, 7) is 4.23. The Hall–Kier alpha value is -3.33. The molecule has 2 aromatic carbocycles. The first kappa shape index (κ1) is 23.3. The molecule has 1 heterocycles. The number of nitro benzene ring substituents is 1. The van der Waals surface area contributed by atoms with Crippen LogP contribution in [0.25, 0.3) is 0 Å². The molecule has 0 spiro atoms. The van der Waals surface area contributed by atoms with Crippen molar-refractivity contribution in [3.8, 4) is 11.5 Å². The van der Waals surface area contributed by atoms with Gasteiger partial charge in [-0.05, 0) is 26.0 Å². The molecule has 1 aliphatic heterocycles. The van der Waals surface area contributed by atoms with E-state index in [2.05, 4.69) is 5.32 Å². The first-order valence-electron chi connectivity index (χ1n) is 10.1. The Morgan fingerprint density at radius 1 is 1.22 bits per heavy atom. The lowest BCUT2D eigenvalue weighted by Crippen LogP contribution is -2.31. The third-order valence-corrected chi connectivity index (χ3v) is 4.90. The smallest absolute Gasteiger partial charge is 0.308 e. The number of hydrogen-bond acceptors (Lipinski definition) is 7. The van der Waals surface area contributed by atoms with Gasteiger partial charge in [0.2, 0.25) is 0 Å². The summed E-state index contributed by atoms with van der Waals surface area (Å²) in [5.74, 6) is -0.485. The average Bonchev–Trinajstić information content (AvgIpc) is 2.98. The fourth-order valence-electron chi connectivity index (χ4n) is 3.27. The van der Waals surface area contributed by atoms with Crippen LogP contribution in [0.5, 0.6) is 11.5 Å². The van der Waals surface area contributed by atoms with E-state index in [1.807, 2.05) is 0 Å². The molecule has 0 fully saturated rings. The summed E-state index contributed by atoms with van der Waals surface area (Å²) in [5, 5.41) is 14.4. The number of rotatable bonds is 7.